The second-order valence-electron chi connectivity index (χ2n) is 5.90. The minimum absolute atomic E-state index is 0.0875. The molecule has 0 atom stereocenters. The molecule has 25 heavy (non-hydrogen) atoms. The summed E-state index contributed by atoms with van der Waals surface area (Å²) in [5.41, 5.74) is 0.665. The number of anilines is 1. The molecule has 0 aliphatic heterocycles. The van der Waals surface area contributed by atoms with Crippen LogP contribution in [0.1, 0.15) is 12.8 Å². The maximum atomic E-state index is 13.0. The number of sulfone groups is 1. The lowest BCUT2D eigenvalue weighted by Gasteiger charge is -2.04. The average Bonchev–Trinajstić information content (AvgIpc) is 3.33. The number of halogens is 1. The van der Waals surface area contributed by atoms with E-state index in [0.717, 1.165) is 12.8 Å². The molecule has 128 valence electrons. The highest BCUT2D eigenvalue weighted by atomic mass is 35.5. The molecule has 4 rings (SSSR count). The van der Waals surface area contributed by atoms with E-state index in [1.54, 1.807) is 54.6 Å². The first-order chi connectivity index (χ1) is 12.0. The quantitative estimate of drug-likeness (QED) is 0.716. The first kappa shape index (κ1) is 16.2. The molecule has 7 heteroatoms. The van der Waals surface area contributed by atoms with E-state index in [1.165, 1.54) is 0 Å². The summed E-state index contributed by atoms with van der Waals surface area (Å²) in [5, 5.41) is 3.63. The Balaban J connectivity index is 1.81. The first-order valence-electron chi connectivity index (χ1n) is 7.87. The number of rotatable bonds is 5. The van der Waals surface area contributed by atoms with Gasteiger partial charge in [0.2, 0.25) is 26.6 Å². The van der Waals surface area contributed by atoms with Crippen LogP contribution in [0, 0.1) is 0 Å². The first-order valence-corrected chi connectivity index (χ1v) is 9.73. The highest BCUT2D eigenvalue weighted by Gasteiger charge is 2.32. The zero-order valence-corrected chi connectivity index (χ0v) is 14.7. The van der Waals surface area contributed by atoms with Gasteiger partial charge >= 0.3 is 0 Å². The molecule has 1 fully saturated rings. The van der Waals surface area contributed by atoms with Crippen LogP contribution in [0.4, 0.5) is 5.88 Å². The number of oxazole rings is 1. The van der Waals surface area contributed by atoms with Gasteiger partial charge in [-0.1, -0.05) is 29.8 Å². The lowest BCUT2D eigenvalue weighted by molar-refractivity contribution is 0.576. The van der Waals surface area contributed by atoms with Gasteiger partial charge in [-0.2, -0.15) is 4.98 Å². The molecule has 0 spiro atoms. The van der Waals surface area contributed by atoms with E-state index in [1.807, 2.05) is 0 Å². The van der Waals surface area contributed by atoms with E-state index < -0.39 is 9.84 Å². The Hall–Kier alpha value is -2.31. The Kier molecular flexibility index (Phi) is 4.01. The highest BCUT2D eigenvalue weighted by molar-refractivity contribution is 7.91. The summed E-state index contributed by atoms with van der Waals surface area (Å²) in [6.07, 6.45) is 1.98. The van der Waals surface area contributed by atoms with E-state index >= 15 is 0 Å². The minimum atomic E-state index is -3.78. The van der Waals surface area contributed by atoms with Crippen molar-refractivity contribution in [1.29, 1.82) is 0 Å². The number of nitrogens with zero attached hydrogens (tertiary/aromatic N) is 1. The van der Waals surface area contributed by atoms with Gasteiger partial charge in [-0.3, -0.25) is 0 Å². The van der Waals surface area contributed by atoms with Crippen molar-refractivity contribution in [1.82, 2.24) is 4.98 Å². The third kappa shape index (κ3) is 3.27. The third-order valence-electron chi connectivity index (χ3n) is 3.91. The maximum absolute atomic E-state index is 13.0. The molecule has 1 heterocycles. The lowest BCUT2D eigenvalue weighted by Crippen LogP contribution is -2.08. The van der Waals surface area contributed by atoms with Gasteiger partial charge in [0.25, 0.3) is 0 Å². The van der Waals surface area contributed by atoms with Crippen LogP contribution < -0.4 is 5.32 Å². The zero-order chi connectivity index (χ0) is 17.4. The fourth-order valence-electron chi connectivity index (χ4n) is 2.42. The molecule has 1 saturated carbocycles. The Labute approximate surface area is 150 Å². The normalized spacial score (nSPS) is 14.4. The summed E-state index contributed by atoms with van der Waals surface area (Å²) in [4.78, 5) is 4.46. The molecule has 1 aromatic heterocycles. The Morgan fingerprint density at radius 1 is 1.04 bits per heavy atom. The van der Waals surface area contributed by atoms with Gasteiger partial charge in [0, 0.05) is 16.6 Å². The topological polar surface area (TPSA) is 72.2 Å². The van der Waals surface area contributed by atoms with Crippen LogP contribution in [-0.4, -0.2) is 19.4 Å². The average molecular weight is 375 g/mol. The predicted molar refractivity (Wildman–Crippen MR) is 95.5 cm³/mol. The van der Waals surface area contributed by atoms with Crippen LogP contribution in [0.2, 0.25) is 5.02 Å². The smallest absolute Gasteiger partial charge is 0.234 e. The van der Waals surface area contributed by atoms with Crippen molar-refractivity contribution in [3.63, 3.8) is 0 Å². The molecule has 0 amide bonds. The Morgan fingerprint density at radius 3 is 2.36 bits per heavy atom. The van der Waals surface area contributed by atoms with Crippen LogP contribution >= 0.6 is 11.6 Å². The highest BCUT2D eigenvalue weighted by Crippen LogP contribution is 2.35. The van der Waals surface area contributed by atoms with Crippen molar-refractivity contribution in [3.05, 3.63) is 59.6 Å². The summed E-state index contributed by atoms with van der Waals surface area (Å²) >= 11 is 5.91. The number of hydrogen-bond acceptors (Lipinski definition) is 5. The standard InChI is InChI=1S/C18H15ClN2O3S/c19-13-8-6-12(7-9-13)16-21-18(17(24-16)20-14-10-11-14)25(22,23)15-4-2-1-3-5-15/h1-9,14,20H,10-11H2. The van der Waals surface area contributed by atoms with Gasteiger partial charge < -0.3 is 9.73 Å². The molecule has 0 bridgehead atoms. The molecule has 1 aliphatic rings. The van der Waals surface area contributed by atoms with E-state index in [0.29, 0.717) is 10.6 Å². The van der Waals surface area contributed by atoms with Crippen molar-refractivity contribution < 1.29 is 12.8 Å². The largest absolute Gasteiger partial charge is 0.419 e. The molecular formula is C18H15ClN2O3S. The monoisotopic (exact) mass is 374 g/mol. The van der Waals surface area contributed by atoms with Gasteiger partial charge in [-0.25, -0.2) is 8.42 Å². The number of nitrogens with one attached hydrogen (secondary N) is 1. The summed E-state index contributed by atoms with van der Waals surface area (Å²) in [6.45, 7) is 0. The molecule has 5 nitrogen and oxygen atoms in total. The van der Waals surface area contributed by atoms with Crippen molar-refractivity contribution in [3.8, 4) is 11.5 Å². The number of hydrogen-bond donors (Lipinski definition) is 1. The molecule has 1 aliphatic carbocycles. The van der Waals surface area contributed by atoms with E-state index in [2.05, 4.69) is 10.3 Å². The SMILES string of the molecule is O=S(=O)(c1ccccc1)c1nc(-c2ccc(Cl)cc2)oc1NC1CC1. The van der Waals surface area contributed by atoms with Crippen molar-refractivity contribution in [2.45, 2.75) is 28.8 Å². The predicted octanol–water partition coefficient (Wildman–Crippen LogP) is 4.40. The molecule has 3 aromatic rings. The van der Waals surface area contributed by atoms with Crippen LogP contribution in [0.5, 0.6) is 0 Å². The molecule has 0 unspecified atom stereocenters. The van der Waals surface area contributed by atoms with Gasteiger partial charge in [0.15, 0.2) is 0 Å². The fraction of sp³-hybridized carbons (Fsp3) is 0.167. The van der Waals surface area contributed by atoms with Crippen molar-refractivity contribution in [2.24, 2.45) is 0 Å². The maximum Gasteiger partial charge on any atom is 0.234 e. The molecule has 1 N–H and O–H groups in total. The van der Waals surface area contributed by atoms with E-state index in [4.69, 9.17) is 16.0 Å². The summed E-state index contributed by atoms with van der Waals surface area (Å²) in [5.74, 6) is 0.436. The third-order valence-corrected chi connectivity index (χ3v) is 5.84. The zero-order valence-electron chi connectivity index (χ0n) is 13.1. The molecule has 2 aromatic carbocycles. The van der Waals surface area contributed by atoms with E-state index in [9.17, 15) is 8.42 Å². The summed E-state index contributed by atoms with van der Waals surface area (Å²) in [7, 11) is -3.78. The lowest BCUT2D eigenvalue weighted by atomic mass is 10.2. The summed E-state index contributed by atoms with van der Waals surface area (Å²) in [6, 6.07) is 15.4. The second kappa shape index (κ2) is 6.20. The van der Waals surface area contributed by atoms with Crippen LogP contribution in [0.25, 0.3) is 11.5 Å². The van der Waals surface area contributed by atoms with Crippen LogP contribution in [0.3, 0.4) is 0 Å². The number of aromatic nitrogens is 1. The second-order valence-corrected chi connectivity index (χ2v) is 8.20. The van der Waals surface area contributed by atoms with Gasteiger partial charge in [-0.05, 0) is 49.2 Å². The molecular weight excluding hydrogens is 360 g/mol. The molecule has 0 radical (unpaired) electrons. The summed E-state index contributed by atoms with van der Waals surface area (Å²) < 4.78 is 31.7. The van der Waals surface area contributed by atoms with Crippen molar-refractivity contribution >= 4 is 27.3 Å². The van der Waals surface area contributed by atoms with Gasteiger partial charge in [-0.15, -0.1) is 0 Å². The minimum Gasteiger partial charge on any atom is -0.419 e. The van der Waals surface area contributed by atoms with Crippen molar-refractivity contribution in [2.75, 3.05) is 5.32 Å². The number of benzene rings is 2. The molecule has 0 saturated heterocycles. The van der Waals surface area contributed by atoms with Gasteiger partial charge in [0.1, 0.15) is 0 Å². The fourth-order valence-corrected chi connectivity index (χ4v) is 3.83. The van der Waals surface area contributed by atoms with Crippen LogP contribution in [0.15, 0.2) is 68.9 Å². The van der Waals surface area contributed by atoms with Gasteiger partial charge in [0.05, 0.1) is 4.90 Å². The Morgan fingerprint density at radius 2 is 1.72 bits per heavy atom. The van der Waals surface area contributed by atoms with E-state index in [-0.39, 0.29) is 27.7 Å². The van der Waals surface area contributed by atoms with Crippen LogP contribution in [-0.2, 0) is 9.84 Å². The Bertz CT molecular complexity index is 995.